The highest BCUT2D eigenvalue weighted by molar-refractivity contribution is 6.11. The van der Waals surface area contributed by atoms with E-state index in [2.05, 4.69) is 5.32 Å². The largest absolute Gasteiger partial charge is 0.388 e. The number of hydrogen-bond donors (Lipinski definition) is 2. The van der Waals surface area contributed by atoms with E-state index < -0.39 is 24.3 Å². The van der Waals surface area contributed by atoms with Crippen LogP contribution in [0.25, 0.3) is 0 Å². The molecule has 0 spiro atoms. The lowest BCUT2D eigenvalue weighted by atomic mass is 9.92. The van der Waals surface area contributed by atoms with E-state index in [-0.39, 0.29) is 12.0 Å². The first-order valence-corrected chi connectivity index (χ1v) is 5.47. The van der Waals surface area contributed by atoms with Crippen molar-refractivity contribution in [3.63, 3.8) is 0 Å². The molecule has 0 aromatic carbocycles. The fourth-order valence-electron chi connectivity index (χ4n) is 1.76. The van der Waals surface area contributed by atoms with Gasteiger partial charge in [-0.3, -0.25) is 4.79 Å². The Morgan fingerprint density at radius 1 is 1.69 bits per heavy atom. The van der Waals surface area contributed by atoms with Crippen molar-refractivity contribution in [1.29, 1.82) is 0 Å². The fraction of sp³-hybridized carbons (Fsp3) is 0.900. The summed E-state index contributed by atoms with van der Waals surface area (Å²) < 4.78 is 10.7. The van der Waals surface area contributed by atoms with Gasteiger partial charge in [-0.1, -0.05) is 6.92 Å². The van der Waals surface area contributed by atoms with Crippen LogP contribution in [0, 0.1) is 0 Å². The maximum atomic E-state index is 11.3. The third-order valence-corrected chi connectivity index (χ3v) is 2.75. The molecule has 2 radical (unpaired) electrons. The average molecular weight is 227 g/mol. The number of likely N-dealkylation sites (N-methyl/N-ethyl adjacent to an activating group) is 1. The molecule has 1 aliphatic rings. The summed E-state index contributed by atoms with van der Waals surface area (Å²) in [6, 6.07) is -0.688. The van der Waals surface area contributed by atoms with Crippen molar-refractivity contribution in [1.82, 2.24) is 5.32 Å². The Morgan fingerprint density at radius 2 is 2.31 bits per heavy atom. The van der Waals surface area contributed by atoms with Crippen LogP contribution in [0.15, 0.2) is 0 Å². The summed E-state index contributed by atoms with van der Waals surface area (Å²) in [7, 11) is 7.21. The topological polar surface area (TPSA) is 67.8 Å². The number of aliphatic hydroxyl groups excluding tert-OH is 1. The van der Waals surface area contributed by atoms with Gasteiger partial charge in [0.2, 0.25) is 5.91 Å². The number of ether oxygens (including phenoxy) is 2. The molecule has 1 rings (SSSR count). The van der Waals surface area contributed by atoms with Crippen LogP contribution in [0.1, 0.15) is 20.3 Å². The Bertz CT molecular complexity index is 251. The fourth-order valence-corrected chi connectivity index (χ4v) is 1.76. The van der Waals surface area contributed by atoms with E-state index in [0.29, 0.717) is 6.42 Å². The first-order valence-electron chi connectivity index (χ1n) is 5.47. The lowest BCUT2D eigenvalue weighted by molar-refractivity contribution is -0.138. The van der Waals surface area contributed by atoms with Crippen LogP contribution in [0.3, 0.4) is 0 Å². The SMILES string of the molecule is [B][C@@H]1O[C@H](CC)C(O)[C@@H]1O[C@H](C)C(=O)NC. The van der Waals surface area contributed by atoms with Crippen molar-refractivity contribution in [2.45, 2.75) is 50.7 Å². The minimum absolute atomic E-state index is 0.251. The van der Waals surface area contributed by atoms with E-state index in [4.69, 9.17) is 17.3 Å². The highest BCUT2D eigenvalue weighted by Gasteiger charge is 2.41. The van der Waals surface area contributed by atoms with Gasteiger partial charge in [0.15, 0.2) is 0 Å². The normalized spacial score (nSPS) is 36.0. The standard InChI is InChI=1S/C10H18BNO4/c1-4-6-7(13)8(9(11)16-6)15-5(2)10(14)12-3/h5-9,13H,4H2,1-3H3,(H,12,14)/t5-,6-,7?,8+,9-/m1/s1. The number of amides is 1. The summed E-state index contributed by atoms with van der Waals surface area (Å²) in [5.41, 5.74) is 0. The van der Waals surface area contributed by atoms with Crippen LogP contribution < -0.4 is 5.32 Å². The second-order valence-corrected chi connectivity index (χ2v) is 3.90. The molecule has 1 saturated heterocycles. The van der Waals surface area contributed by atoms with E-state index in [1.54, 1.807) is 6.92 Å². The van der Waals surface area contributed by atoms with Crippen LogP contribution in [-0.2, 0) is 14.3 Å². The molecule has 1 amide bonds. The van der Waals surface area contributed by atoms with E-state index in [0.717, 1.165) is 0 Å². The number of nitrogens with one attached hydrogen (secondary N) is 1. The zero-order valence-electron chi connectivity index (χ0n) is 9.84. The van der Waals surface area contributed by atoms with Gasteiger partial charge in [0.1, 0.15) is 26.2 Å². The highest BCUT2D eigenvalue weighted by atomic mass is 16.6. The Hall–Kier alpha value is -0.585. The summed E-state index contributed by atoms with van der Waals surface area (Å²) in [5.74, 6) is -0.251. The molecule has 5 atom stereocenters. The number of carbonyl (C=O) groups is 1. The first kappa shape index (κ1) is 13.5. The van der Waals surface area contributed by atoms with Crippen LogP contribution in [0.4, 0.5) is 0 Å². The molecule has 1 heterocycles. The molecule has 1 aliphatic heterocycles. The number of rotatable bonds is 4. The molecular formula is C10H18BNO4. The van der Waals surface area contributed by atoms with Gasteiger partial charge < -0.3 is 19.9 Å². The second-order valence-electron chi connectivity index (χ2n) is 3.90. The predicted octanol–water partition coefficient (Wildman–Crippen LogP) is -0.830. The smallest absolute Gasteiger partial charge is 0.248 e. The Labute approximate surface area is 96.9 Å². The summed E-state index contributed by atoms with van der Waals surface area (Å²) >= 11 is 0. The molecule has 0 aromatic rings. The summed E-state index contributed by atoms with van der Waals surface area (Å²) in [5, 5.41) is 12.3. The zero-order valence-corrected chi connectivity index (χ0v) is 9.84. The minimum atomic E-state index is -0.785. The molecule has 1 unspecified atom stereocenters. The molecule has 0 aromatic heterocycles. The van der Waals surface area contributed by atoms with Gasteiger partial charge in [0, 0.05) is 13.1 Å². The lowest BCUT2D eigenvalue weighted by Gasteiger charge is -2.22. The van der Waals surface area contributed by atoms with E-state index in [1.807, 2.05) is 6.92 Å². The molecule has 0 saturated carbocycles. The monoisotopic (exact) mass is 227 g/mol. The Morgan fingerprint density at radius 3 is 2.75 bits per heavy atom. The molecule has 0 aliphatic carbocycles. The quantitative estimate of drug-likeness (QED) is 0.615. The Balaban J connectivity index is 2.57. The molecular weight excluding hydrogens is 209 g/mol. The number of hydrogen-bond acceptors (Lipinski definition) is 4. The predicted molar refractivity (Wildman–Crippen MR) is 59.1 cm³/mol. The van der Waals surface area contributed by atoms with Crippen LogP contribution in [0.2, 0.25) is 0 Å². The van der Waals surface area contributed by atoms with Gasteiger partial charge in [-0.05, 0) is 13.3 Å². The molecule has 5 nitrogen and oxygen atoms in total. The second kappa shape index (κ2) is 5.66. The molecule has 16 heavy (non-hydrogen) atoms. The number of carbonyl (C=O) groups excluding carboxylic acids is 1. The summed E-state index contributed by atoms with van der Waals surface area (Å²) in [6.45, 7) is 3.50. The van der Waals surface area contributed by atoms with Crippen molar-refractivity contribution in [3.05, 3.63) is 0 Å². The van der Waals surface area contributed by atoms with Gasteiger partial charge in [-0.25, -0.2) is 0 Å². The van der Waals surface area contributed by atoms with Crippen molar-refractivity contribution < 1.29 is 19.4 Å². The third kappa shape index (κ3) is 2.75. The van der Waals surface area contributed by atoms with Gasteiger partial charge in [-0.15, -0.1) is 0 Å². The van der Waals surface area contributed by atoms with Crippen LogP contribution >= 0.6 is 0 Å². The van der Waals surface area contributed by atoms with Crippen LogP contribution in [-0.4, -0.2) is 56.3 Å². The van der Waals surface area contributed by atoms with Crippen molar-refractivity contribution in [2.24, 2.45) is 0 Å². The van der Waals surface area contributed by atoms with Crippen molar-refractivity contribution in [2.75, 3.05) is 7.05 Å². The minimum Gasteiger partial charge on any atom is -0.388 e. The molecule has 6 heteroatoms. The third-order valence-electron chi connectivity index (χ3n) is 2.75. The van der Waals surface area contributed by atoms with Gasteiger partial charge in [0.05, 0.1) is 6.10 Å². The van der Waals surface area contributed by atoms with E-state index >= 15 is 0 Å². The maximum Gasteiger partial charge on any atom is 0.248 e. The number of aliphatic hydroxyl groups is 1. The van der Waals surface area contributed by atoms with Gasteiger partial charge in [0.25, 0.3) is 0 Å². The zero-order chi connectivity index (χ0) is 12.3. The van der Waals surface area contributed by atoms with Crippen molar-refractivity contribution in [3.8, 4) is 0 Å². The van der Waals surface area contributed by atoms with Gasteiger partial charge >= 0.3 is 0 Å². The molecule has 90 valence electrons. The molecule has 0 bridgehead atoms. The summed E-state index contributed by atoms with van der Waals surface area (Å²) in [6.07, 6.45) is -1.76. The first-order chi connectivity index (χ1) is 7.51. The maximum absolute atomic E-state index is 11.3. The molecule has 1 fully saturated rings. The van der Waals surface area contributed by atoms with E-state index in [1.165, 1.54) is 7.05 Å². The van der Waals surface area contributed by atoms with Crippen molar-refractivity contribution >= 4 is 13.8 Å². The highest BCUT2D eigenvalue weighted by Crippen LogP contribution is 2.25. The van der Waals surface area contributed by atoms with Crippen LogP contribution in [0.5, 0.6) is 0 Å². The lowest BCUT2D eigenvalue weighted by Crippen LogP contribution is -2.42. The Kier molecular flexibility index (Phi) is 4.77. The average Bonchev–Trinajstić information content (AvgIpc) is 2.55. The van der Waals surface area contributed by atoms with Gasteiger partial charge in [-0.2, -0.15) is 0 Å². The summed E-state index contributed by atoms with van der Waals surface area (Å²) in [4.78, 5) is 11.3. The van der Waals surface area contributed by atoms with E-state index in [9.17, 15) is 9.90 Å². The molecule has 2 N–H and O–H groups in total.